The molecule has 1 fully saturated rings. The van der Waals surface area contributed by atoms with E-state index in [0.29, 0.717) is 24.1 Å². The number of thiazole rings is 1. The fourth-order valence-electron chi connectivity index (χ4n) is 5.96. The molecular formula is C39H56N4OS. The zero-order valence-corrected chi connectivity index (χ0v) is 30.8. The number of piperidine rings is 1. The van der Waals surface area contributed by atoms with E-state index in [1.54, 1.807) is 11.3 Å². The summed E-state index contributed by atoms with van der Waals surface area (Å²) in [6.45, 7) is 29.7. The monoisotopic (exact) mass is 628 g/mol. The number of nitrogens with two attached hydrogens (primary N) is 1. The highest BCUT2D eigenvalue weighted by Crippen LogP contribution is 2.40. The number of aromatic nitrogens is 2. The standard InChI is InChI=1S/C39H56N4OS/c1-13-39(11,12)17-14-26-20-29(33(37(5,6)7)30(21-26)36(2,3)4)25-44-31-22-28(23-41-34(31)40)32-24-42-35(45-32)27-15-18-43(19-16-27)38(8,9)10/h20-24,27H,13,15-16,18-19,25H2,1-12H3,(H2,40,41). The summed E-state index contributed by atoms with van der Waals surface area (Å²) in [7, 11) is 0. The zero-order chi connectivity index (χ0) is 33.4. The second kappa shape index (κ2) is 13.1. The van der Waals surface area contributed by atoms with Gasteiger partial charge in [0, 0.05) is 40.4 Å². The van der Waals surface area contributed by atoms with Crippen LogP contribution in [0, 0.1) is 17.3 Å². The van der Waals surface area contributed by atoms with Gasteiger partial charge in [0.25, 0.3) is 0 Å². The van der Waals surface area contributed by atoms with Crippen LogP contribution in [0.15, 0.2) is 30.6 Å². The molecule has 1 saturated heterocycles. The van der Waals surface area contributed by atoms with E-state index in [1.165, 1.54) is 16.1 Å². The largest absolute Gasteiger partial charge is 0.485 e. The van der Waals surface area contributed by atoms with Crippen LogP contribution < -0.4 is 10.5 Å². The fourth-order valence-corrected chi connectivity index (χ4v) is 7.03. The van der Waals surface area contributed by atoms with E-state index >= 15 is 0 Å². The number of pyridine rings is 1. The first kappa shape index (κ1) is 35.0. The fraction of sp³-hybridized carbons (Fsp3) is 0.590. The average molecular weight is 629 g/mol. The molecule has 0 atom stereocenters. The molecule has 6 heteroatoms. The predicted molar refractivity (Wildman–Crippen MR) is 192 cm³/mol. The molecule has 1 aromatic carbocycles. The van der Waals surface area contributed by atoms with Crippen LogP contribution in [0.3, 0.4) is 0 Å². The molecule has 0 saturated carbocycles. The van der Waals surface area contributed by atoms with Crippen molar-refractivity contribution in [2.75, 3.05) is 18.8 Å². The van der Waals surface area contributed by atoms with E-state index in [0.717, 1.165) is 53.9 Å². The number of benzene rings is 1. The van der Waals surface area contributed by atoms with Crippen LogP contribution in [0.1, 0.15) is 136 Å². The lowest BCUT2D eigenvalue weighted by Gasteiger charge is -2.40. The highest BCUT2D eigenvalue weighted by molar-refractivity contribution is 7.15. The maximum absolute atomic E-state index is 6.52. The minimum Gasteiger partial charge on any atom is -0.485 e. The Kier molecular flexibility index (Phi) is 10.2. The van der Waals surface area contributed by atoms with E-state index in [9.17, 15) is 0 Å². The molecule has 1 aliphatic heterocycles. The lowest BCUT2D eigenvalue weighted by Crippen LogP contribution is -2.45. The quantitative estimate of drug-likeness (QED) is 0.275. The second-order valence-corrected chi connectivity index (χ2v) is 17.5. The van der Waals surface area contributed by atoms with Crippen LogP contribution in [0.5, 0.6) is 5.75 Å². The maximum Gasteiger partial charge on any atom is 0.166 e. The summed E-state index contributed by atoms with van der Waals surface area (Å²) < 4.78 is 6.52. The van der Waals surface area contributed by atoms with Crippen molar-refractivity contribution in [2.45, 2.75) is 131 Å². The number of hydrogen-bond donors (Lipinski definition) is 1. The molecule has 3 heterocycles. The first-order valence-electron chi connectivity index (χ1n) is 16.6. The van der Waals surface area contributed by atoms with Crippen LogP contribution in [0.2, 0.25) is 0 Å². The third-order valence-electron chi connectivity index (χ3n) is 9.07. The van der Waals surface area contributed by atoms with Gasteiger partial charge in [-0.2, -0.15) is 0 Å². The summed E-state index contributed by atoms with van der Waals surface area (Å²) in [5.41, 5.74) is 12.2. The van der Waals surface area contributed by atoms with E-state index < -0.39 is 0 Å². The predicted octanol–water partition coefficient (Wildman–Crippen LogP) is 9.73. The lowest BCUT2D eigenvalue weighted by molar-refractivity contribution is 0.102. The Morgan fingerprint density at radius 2 is 1.58 bits per heavy atom. The minimum atomic E-state index is -0.0797. The van der Waals surface area contributed by atoms with Crippen molar-refractivity contribution in [3.05, 3.63) is 57.9 Å². The molecule has 3 aromatic rings. The maximum atomic E-state index is 6.52. The summed E-state index contributed by atoms with van der Waals surface area (Å²) in [5.74, 6) is 8.50. The van der Waals surface area contributed by atoms with Gasteiger partial charge in [-0.05, 0) is 113 Å². The molecule has 4 rings (SSSR count). The average Bonchev–Trinajstić information content (AvgIpc) is 3.44. The second-order valence-electron chi connectivity index (χ2n) is 16.4. The third-order valence-corrected chi connectivity index (χ3v) is 10.3. The third kappa shape index (κ3) is 8.69. The van der Waals surface area contributed by atoms with Crippen LogP contribution >= 0.6 is 11.3 Å². The summed E-state index contributed by atoms with van der Waals surface area (Å²) in [6, 6.07) is 6.52. The van der Waals surface area contributed by atoms with Gasteiger partial charge in [-0.3, -0.25) is 4.90 Å². The number of anilines is 1. The zero-order valence-electron chi connectivity index (χ0n) is 29.9. The van der Waals surface area contributed by atoms with Crippen molar-refractivity contribution in [3.8, 4) is 28.0 Å². The highest BCUT2D eigenvalue weighted by Gasteiger charge is 2.30. The normalized spacial score (nSPS) is 15.6. The molecule has 5 nitrogen and oxygen atoms in total. The molecule has 2 aromatic heterocycles. The molecule has 2 N–H and O–H groups in total. The van der Waals surface area contributed by atoms with Crippen molar-refractivity contribution < 1.29 is 4.74 Å². The Bertz CT molecular complexity index is 1540. The number of nitrogen functional groups attached to an aromatic ring is 1. The van der Waals surface area contributed by atoms with Crippen LogP contribution in [0.4, 0.5) is 5.82 Å². The molecule has 0 radical (unpaired) electrons. The van der Waals surface area contributed by atoms with E-state index in [2.05, 4.69) is 117 Å². The molecule has 45 heavy (non-hydrogen) atoms. The molecule has 0 aliphatic carbocycles. The van der Waals surface area contributed by atoms with E-state index in [1.807, 2.05) is 18.5 Å². The number of hydrogen-bond acceptors (Lipinski definition) is 6. The minimum absolute atomic E-state index is 0.0396. The number of ether oxygens (including phenoxy) is 1. The van der Waals surface area contributed by atoms with Crippen molar-refractivity contribution in [1.82, 2.24) is 14.9 Å². The van der Waals surface area contributed by atoms with Crippen molar-refractivity contribution in [3.63, 3.8) is 0 Å². The van der Waals surface area contributed by atoms with Gasteiger partial charge in [0.2, 0.25) is 0 Å². The Morgan fingerprint density at radius 3 is 2.16 bits per heavy atom. The number of nitrogens with zero attached hydrogens (tertiary/aromatic N) is 3. The van der Waals surface area contributed by atoms with Crippen LogP contribution in [0.25, 0.3) is 10.4 Å². The molecule has 0 spiro atoms. The van der Waals surface area contributed by atoms with Gasteiger partial charge in [0.15, 0.2) is 11.6 Å². The first-order chi connectivity index (χ1) is 20.8. The molecular weight excluding hydrogens is 573 g/mol. The Labute approximate surface area is 277 Å². The molecule has 1 aliphatic rings. The van der Waals surface area contributed by atoms with Crippen LogP contribution in [-0.2, 0) is 17.4 Å². The Hall–Kier alpha value is -2.88. The SMILES string of the molecule is CCC(C)(C)C#Cc1cc(COc2cc(-c3cnc(C4CCN(C(C)(C)C)CC4)s3)cnc2N)c(C(C)(C)C)c(C(C)(C)C)c1. The summed E-state index contributed by atoms with van der Waals surface area (Å²) in [6.07, 6.45) is 7.11. The first-order valence-corrected chi connectivity index (χ1v) is 17.4. The number of likely N-dealkylation sites (tertiary alicyclic amines) is 1. The van der Waals surface area contributed by atoms with Gasteiger partial charge in [0.05, 0.1) is 9.88 Å². The van der Waals surface area contributed by atoms with Gasteiger partial charge >= 0.3 is 0 Å². The number of rotatable bonds is 6. The van der Waals surface area contributed by atoms with Crippen molar-refractivity contribution >= 4 is 17.2 Å². The van der Waals surface area contributed by atoms with Crippen molar-refractivity contribution in [1.29, 1.82) is 0 Å². The van der Waals surface area contributed by atoms with Crippen molar-refractivity contribution in [2.24, 2.45) is 5.41 Å². The van der Waals surface area contributed by atoms with Gasteiger partial charge < -0.3 is 10.5 Å². The van der Waals surface area contributed by atoms with E-state index in [4.69, 9.17) is 15.5 Å². The molecule has 0 unspecified atom stereocenters. The topological polar surface area (TPSA) is 64.3 Å². The van der Waals surface area contributed by atoms with E-state index in [-0.39, 0.29) is 21.8 Å². The molecule has 0 amide bonds. The van der Waals surface area contributed by atoms with Gasteiger partial charge in [-0.25, -0.2) is 9.97 Å². The Morgan fingerprint density at radius 1 is 0.911 bits per heavy atom. The molecule has 0 bridgehead atoms. The van der Waals surface area contributed by atoms with Gasteiger partial charge in [-0.1, -0.05) is 60.3 Å². The highest BCUT2D eigenvalue weighted by atomic mass is 32.1. The Balaban J connectivity index is 1.63. The summed E-state index contributed by atoms with van der Waals surface area (Å²) in [5, 5.41) is 1.21. The summed E-state index contributed by atoms with van der Waals surface area (Å²) >= 11 is 1.77. The summed E-state index contributed by atoms with van der Waals surface area (Å²) in [4.78, 5) is 13.1. The van der Waals surface area contributed by atoms with Crippen LogP contribution in [-0.4, -0.2) is 33.5 Å². The molecule has 244 valence electrons. The van der Waals surface area contributed by atoms with Gasteiger partial charge in [0.1, 0.15) is 6.61 Å². The smallest absolute Gasteiger partial charge is 0.166 e. The van der Waals surface area contributed by atoms with Gasteiger partial charge in [-0.15, -0.1) is 11.3 Å². The lowest BCUT2D eigenvalue weighted by atomic mass is 9.72.